The summed E-state index contributed by atoms with van der Waals surface area (Å²) in [5.74, 6) is 0.179. The van der Waals surface area contributed by atoms with Crippen molar-refractivity contribution in [2.75, 3.05) is 19.8 Å². The molecule has 0 fully saturated rings. The molecular weight excluding hydrogens is 388 g/mol. The van der Waals surface area contributed by atoms with E-state index >= 15 is 0 Å². The minimum Gasteiger partial charge on any atom is -0.463 e. The number of hydrogen-bond donors (Lipinski definition) is 0. The average molecular weight is 413 g/mol. The van der Waals surface area contributed by atoms with Crippen molar-refractivity contribution in [3.8, 4) is 0 Å². The predicted molar refractivity (Wildman–Crippen MR) is 111 cm³/mol. The molecule has 27 heavy (non-hydrogen) atoms. The van der Waals surface area contributed by atoms with Crippen LogP contribution in [0, 0.1) is 0 Å². The fraction of sp³-hybridized carbons (Fsp3) is 0.389. The van der Waals surface area contributed by atoms with Crippen LogP contribution in [0.1, 0.15) is 27.7 Å². The number of nitrogens with zero attached hydrogens (tertiary/aromatic N) is 2. The molecule has 0 radical (unpaired) electrons. The third kappa shape index (κ3) is 10.2. The Bertz CT molecular complexity index is 667. The summed E-state index contributed by atoms with van der Waals surface area (Å²) in [5, 5.41) is 6.11. The van der Waals surface area contributed by atoms with E-state index in [2.05, 4.69) is 19.9 Å². The van der Waals surface area contributed by atoms with Crippen molar-refractivity contribution in [2.24, 2.45) is 9.98 Å². The highest BCUT2D eigenvalue weighted by Crippen LogP contribution is 2.33. The van der Waals surface area contributed by atoms with Crippen molar-refractivity contribution in [3.05, 3.63) is 46.7 Å². The monoisotopic (exact) mass is 412 g/mol. The zero-order chi connectivity index (χ0) is 19.9. The third-order valence-corrected chi connectivity index (χ3v) is 4.97. The van der Waals surface area contributed by atoms with Gasteiger partial charge in [-0.3, -0.25) is 9.98 Å². The molecule has 0 spiro atoms. The molecule has 0 aliphatic carbocycles. The summed E-state index contributed by atoms with van der Waals surface area (Å²) in [4.78, 5) is 30.1. The molecule has 0 bridgehead atoms. The van der Waals surface area contributed by atoms with Crippen molar-refractivity contribution >= 4 is 38.8 Å². The largest absolute Gasteiger partial charge is 0.463 e. The normalized spacial score (nSPS) is 15.4. The molecule has 0 N–H and O–H groups in total. The van der Waals surface area contributed by atoms with Gasteiger partial charge in [0.25, 0.3) is 0 Å². The number of esters is 1. The summed E-state index contributed by atoms with van der Waals surface area (Å²) in [6.45, 7) is 8.30. The lowest BCUT2D eigenvalue weighted by Gasteiger charge is -2.02. The molecule has 1 rings (SSSR count). The van der Waals surface area contributed by atoms with Crippen LogP contribution in [0.5, 0.6) is 0 Å². The molecule has 0 atom stereocenters. The number of carbonyl (C=O) groups excluding carboxylic acids is 1. The van der Waals surface area contributed by atoms with Gasteiger partial charge in [-0.15, -0.1) is 0 Å². The van der Waals surface area contributed by atoms with Crippen LogP contribution in [0.4, 0.5) is 0 Å². The van der Waals surface area contributed by atoms with E-state index in [1.807, 2.05) is 13.0 Å². The van der Waals surface area contributed by atoms with Crippen LogP contribution in [0.25, 0.3) is 0 Å². The van der Waals surface area contributed by atoms with Gasteiger partial charge >= 0.3 is 5.97 Å². The van der Waals surface area contributed by atoms with Crippen LogP contribution < -0.4 is 0 Å². The van der Waals surface area contributed by atoms with E-state index in [0.717, 1.165) is 10.1 Å². The Labute approximate surface area is 167 Å². The molecule has 148 valence electrons. The van der Waals surface area contributed by atoms with Crippen LogP contribution in [-0.4, -0.2) is 37.0 Å². The van der Waals surface area contributed by atoms with Crippen LogP contribution >= 0.6 is 21.6 Å². The molecule has 7 nitrogen and oxygen atoms in total. The Hall–Kier alpha value is -1.81. The summed E-state index contributed by atoms with van der Waals surface area (Å²) in [7, 11) is 2.88. The van der Waals surface area contributed by atoms with Gasteiger partial charge in [-0.05, 0) is 84.7 Å². The van der Waals surface area contributed by atoms with Crippen LogP contribution in [0.2, 0.25) is 0 Å². The fourth-order valence-corrected chi connectivity index (χ4v) is 3.37. The molecule has 0 amide bonds. The van der Waals surface area contributed by atoms with E-state index in [1.165, 1.54) is 21.6 Å². The molecule has 9 heteroatoms. The van der Waals surface area contributed by atoms with Gasteiger partial charge in [-0.25, -0.2) is 4.79 Å². The highest BCUT2D eigenvalue weighted by molar-refractivity contribution is 8.83. The smallest absolute Gasteiger partial charge is 0.333 e. The van der Waals surface area contributed by atoms with Crippen molar-refractivity contribution < 1.29 is 24.3 Å². The van der Waals surface area contributed by atoms with Gasteiger partial charge in [0, 0.05) is 11.8 Å². The number of allylic oxidation sites excluding steroid dienone is 3. The molecule has 0 aromatic carbocycles. The third-order valence-electron chi connectivity index (χ3n) is 2.77. The second kappa shape index (κ2) is 14.3. The Balaban J connectivity index is 2.63. The quantitative estimate of drug-likeness (QED) is 0.0760. The molecule has 1 aliphatic rings. The van der Waals surface area contributed by atoms with Gasteiger partial charge in [-0.2, -0.15) is 4.89 Å². The molecule has 1 aliphatic heterocycles. The number of hydrogen-bond acceptors (Lipinski definition) is 9. The zero-order valence-electron chi connectivity index (χ0n) is 15.8. The van der Waals surface area contributed by atoms with E-state index in [0.29, 0.717) is 31.1 Å². The Kier molecular flexibility index (Phi) is 12.3. The first-order chi connectivity index (χ1) is 13.1. The minimum atomic E-state index is -0.338. The maximum absolute atomic E-state index is 11.6. The van der Waals surface area contributed by atoms with Gasteiger partial charge in [0.15, 0.2) is 5.76 Å². The van der Waals surface area contributed by atoms with E-state index in [4.69, 9.17) is 9.62 Å². The molecule has 1 heterocycles. The van der Waals surface area contributed by atoms with Crippen molar-refractivity contribution in [1.29, 1.82) is 0 Å². The van der Waals surface area contributed by atoms with Crippen molar-refractivity contribution in [1.82, 2.24) is 0 Å². The maximum atomic E-state index is 11.6. The lowest BCUT2D eigenvalue weighted by molar-refractivity contribution is -0.493. The molecular formula is C18H24N2O5S2. The van der Waals surface area contributed by atoms with E-state index < -0.39 is 0 Å². The Morgan fingerprint density at radius 1 is 1.30 bits per heavy atom. The first kappa shape index (κ1) is 23.2. The van der Waals surface area contributed by atoms with E-state index in [1.54, 1.807) is 51.3 Å². The number of rotatable bonds is 10. The Morgan fingerprint density at radius 3 is 2.81 bits per heavy atom. The standard InChI is InChI=1S/C18H24N2O5S2/c1-5-19-16(10-8-14(4)18(21)22-6-2)26-27-17-11-9-15(12-13-20-17)24-25-23-7-3/h5,8-12H,6-7,13H2,1-4H3/b14-8+,16-10+,19-5-. The first-order valence-corrected chi connectivity index (χ1v) is 10.5. The zero-order valence-corrected chi connectivity index (χ0v) is 17.5. The van der Waals surface area contributed by atoms with Gasteiger partial charge in [0.2, 0.25) is 0 Å². The van der Waals surface area contributed by atoms with Gasteiger partial charge in [0.05, 0.1) is 19.8 Å². The summed E-state index contributed by atoms with van der Waals surface area (Å²) in [5.41, 5.74) is 0.512. The number of carbonyl (C=O) groups is 1. The molecule has 0 saturated heterocycles. The molecule has 0 saturated carbocycles. The van der Waals surface area contributed by atoms with Crippen molar-refractivity contribution in [2.45, 2.75) is 27.7 Å². The summed E-state index contributed by atoms with van der Waals surface area (Å²) in [6, 6.07) is 0. The molecule has 0 aromatic rings. The van der Waals surface area contributed by atoms with E-state index in [-0.39, 0.29) is 5.97 Å². The van der Waals surface area contributed by atoms with Gasteiger partial charge in [0.1, 0.15) is 10.1 Å². The summed E-state index contributed by atoms with van der Waals surface area (Å²) < 4.78 is 4.96. The maximum Gasteiger partial charge on any atom is 0.333 e. The van der Waals surface area contributed by atoms with Crippen LogP contribution in [-0.2, 0) is 24.3 Å². The summed E-state index contributed by atoms with van der Waals surface area (Å²) >= 11 is 0. The topological polar surface area (TPSA) is 78.7 Å². The predicted octanol–water partition coefficient (Wildman–Crippen LogP) is 4.56. The number of aliphatic imine (C=N–C) groups is 2. The average Bonchev–Trinajstić information content (AvgIpc) is 2.89. The van der Waals surface area contributed by atoms with Crippen LogP contribution in [0.3, 0.4) is 0 Å². The van der Waals surface area contributed by atoms with Gasteiger partial charge in [-0.1, -0.05) is 0 Å². The fourth-order valence-electron chi connectivity index (χ4n) is 1.54. The lowest BCUT2D eigenvalue weighted by Crippen LogP contribution is -2.04. The second-order valence-electron chi connectivity index (χ2n) is 4.81. The SMILES string of the molecule is C\C=N/C(=C\C=C(/C)C(=O)OCC)SSC1=NCC=C(OOOCC)C=C1. The van der Waals surface area contributed by atoms with Gasteiger partial charge < -0.3 is 9.62 Å². The first-order valence-electron chi connectivity index (χ1n) is 8.38. The molecule has 0 aromatic heterocycles. The van der Waals surface area contributed by atoms with Crippen molar-refractivity contribution in [3.63, 3.8) is 0 Å². The Morgan fingerprint density at radius 2 is 2.11 bits per heavy atom. The molecule has 0 unspecified atom stereocenters. The van der Waals surface area contributed by atoms with E-state index in [9.17, 15) is 4.79 Å². The lowest BCUT2D eigenvalue weighted by atomic mass is 10.3. The minimum absolute atomic E-state index is 0.338. The second-order valence-corrected chi connectivity index (χ2v) is 6.98. The number of ether oxygens (including phenoxy) is 1. The van der Waals surface area contributed by atoms with Crippen LogP contribution in [0.15, 0.2) is 56.7 Å². The summed E-state index contributed by atoms with van der Waals surface area (Å²) in [6.07, 6.45) is 10.5. The highest BCUT2D eigenvalue weighted by Gasteiger charge is 2.06. The highest BCUT2D eigenvalue weighted by atomic mass is 33.1.